The summed E-state index contributed by atoms with van der Waals surface area (Å²) in [5, 5.41) is 9.92. The number of thioether (sulfide) groups is 1. The lowest BCUT2D eigenvalue weighted by Gasteiger charge is -2.05. The molecule has 0 aliphatic rings. The van der Waals surface area contributed by atoms with Crippen LogP contribution in [0.4, 0.5) is 4.39 Å². The molecule has 0 N–H and O–H groups in total. The van der Waals surface area contributed by atoms with Crippen molar-refractivity contribution in [1.82, 2.24) is 4.98 Å². The van der Waals surface area contributed by atoms with Crippen LogP contribution >= 0.6 is 11.8 Å². The zero-order valence-corrected chi connectivity index (χ0v) is 12.1. The number of halogens is 1. The summed E-state index contributed by atoms with van der Waals surface area (Å²) in [5.41, 5.74) is 2.76. The minimum absolute atomic E-state index is 0.203. The Morgan fingerprint density at radius 3 is 2.70 bits per heavy atom. The van der Waals surface area contributed by atoms with E-state index >= 15 is 0 Å². The molecular formula is C16H15FN2S. The normalized spacial score (nSPS) is 10.2. The van der Waals surface area contributed by atoms with Gasteiger partial charge in [-0.15, -0.1) is 11.8 Å². The number of pyridine rings is 1. The van der Waals surface area contributed by atoms with Gasteiger partial charge in [0.1, 0.15) is 16.9 Å². The molecule has 0 radical (unpaired) electrons. The summed E-state index contributed by atoms with van der Waals surface area (Å²) < 4.78 is 12.8. The SMILES string of the molecule is Cc1ccnc(SCCCc2ccc(F)cc2)c1C#N. The van der Waals surface area contributed by atoms with Gasteiger partial charge in [0.25, 0.3) is 0 Å². The van der Waals surface area contributed by atoms with Crippen LogP contribution < -0.4 is 0 Å². The molecule has 1 aromatic carbocycles. The summed E-state index contributed by atoms with van der Waals surface area (Å²) >= 11 is 1.60. The van der Waals surface area contributed by atoms with E-state index in [4.69, 9.17) is 5.26 Å². The first-order chi connectivity index (χ1) is 9.70. The molecule has 1 heterocycles. The van der Waals surface area contributed by atoms with E-state index in [1.165, 1.54) is 12.1 Å². The fraction of sp³-hybridized carbons (Fsp3) is 0.250. The van der Waals surface area contributed by atoms with Crippen molar-refractivity contribution >= 4 is 11.8 Å². The second-order valence-electron chi connectivity index (χ2n) is 4.50. The van der Waals surface area contributed by atoms with Crippen molar-refractivity contribution in [3.05, 3.63) is 59.0 Å². The maximum absolute atomic E-state index is 12.8. The quantitative estimate of drug-likeness (QED) is 0.612. The number of hydrogen-bond donors (Lipinski definition) is 0. The van der Waals surface area contributed by atoms with E-state index < -0.39 is 0 Å². The van der Waals surface area contributed by atoms with Gasteiger partial charge < -0.3 is 0 Å². The lowest BCUT2D eigenvalue weighted by atomic mass is 10.1. The van der Waals surface area contributed by atoms with Gasteiger partial charge in [0.2, 0.25) is 0 Å². The van der Waals surface area contributed by atoms with Crippen molar-refractivity contribution < 1.29 is 4.39 Å². The third-order valence-electron chi connectivity index (χ3n) is 3.00. The highest BCUT2D eigenvalue weighted by molar-refractivity contribution is 7.99. The molecule has 0 atom stereocenters. The molecule has 0 saturated carbocycles. The van der Waals surface area contributed by atoms with Crippen molar-refractivity contribution in [2.45, 2.75) is 24.8 Å². The Bertz CT molecular complexity index is 617. The predicted octanol–water partition coefficient (Wildman–Crippen LogP) is 4.13. The van der Waals surface area contributed by atoms with Gasteiger partial charge in [0.15, 0.2) is 0 Å². The minimum Gasteiger partial charge on any atom is -0.249 e. The van der Waals surface area contributed by atoms with Crippen LogP contribution in [-0.4, -0.2) is 10.7 Å². The molecule has 0 bridgehead atoms. The van der Waals surface area contributed by atoms with Crippen molar-refractivity contribution in [3.63, 3.8) is 0 Å². The van der Waals surface area contributed by atoms with Gasteiger partial charge in [-0.05, 0) is 54.8 Å². The molecule has 0 aliphatic carbocycles. The number of rotatable bonds is 5. The number of benzene rings is 1. The van der Waals surface area contributed by atoms with Gasteiger partial charge in [0, 0.05) is 6.20 Å². The maximum Gasteiger partial charge on any atom is 0.123 e. The van der Waals surface area contributed by atoms with E-state index in [9.17, 15) is 4.39 Å². The summed E-state index contributed by atoms with van der Waals surface area (Å²) in [6, 6.07) is 10.6. The van der Waals surface area contributed by atoms with E-state index in [2.05, 4.69) is 11.1 Å². The topological polar surface area (TPSA) is 36.7 Å². The van der Waals surface area contributed by atoms with Crippen LogP contribution in [0.15, 0.2) is 41.6 Å². The molecule has 0 fully saturated rings. The van der Waals surface area contributed by atoms with E-state index in [0.717, 1.165) is 34.7 Å². The fourth-order valence-electron chi connectivity index (χ4n) is 1.87. The molecule has 0 spiro atoms. The highest BCUT2D eigenvalue weighted by atomic mass is 32.2. The van der Waals surface area contributed by atoms with Crippen LogP contribution in [0.25, 0.3) is 0 Å². The third kappa shape index (κ3) is 3.82. The molecule has 2 nitrogen and oxygen atoms in total. The molecular weight excluding hydrogens is 271 g/mol. The van der Waals surface area contributed by atoms with E-state index in [0.29, 0.717) is 5.56 Å². The Morgan fingerprint density at radius 1 is 1.25 bits per heavy atom. The standard InChI is InChI=1S/C16H15FN2S/c1-12-8-9-19-16(15(12)11-18)20-10-2-3-13-4-6-14(17)7-5-13/h4-9H,2-3,10H2,1H3. The summed E-state index contributed by atoms with van der Waals surface area (Å²) in [6.07, 6.45) is 3.61. The zero-order valence-electron chi connectivity index (χ0n) is 11.3. The van der Waals surface area contributed by atoms with E-state index in [1.807, 2.05) is 25.1 Å². The summed E-state index contributed by atoms with van der Waals surface area (Å²) in [5.74, 6) is 0.688. The van der Waals surface area contributed by atoms with Crippen molar-refractivity contribution in [2.75, 3.05) is 5.75 Å². The molecule has 1 aromatic heterocycles. The lowest BCUT2D eigenvalue weighted by Crippen LogP contribution is -1.93. The Hall–Kier alpha value is -1.86. The fourth-order valence-corrected chi connectivity index (χ4v) is 2.84. The Kier molecular flexibility index (Phi) is 5.14. The van der Waals surface area contributed by atoms with Gasteiger partial charge in [0.05, 0.1) is 5.56 Å². The maximum atomic E-state index is 12.8. The van der Waals surface area contributed by atoms with Crippen LogP contribution in [0.2, 0.25) is 0 Å². The zero-order chi connectivity index (χ0) is 14.4. The number of aryl methyl sites for hydroxylation is 2. The molecule has 2 aromatic rings. The first kappa shape index (κ1) is 14.5. The second kappa shape index (κ2) is 7.06. The van der Waals surface area contributed by atoms with Crippen LogP contribution in [0, 0.1) is 24.1 Å². The predicted molar refractivity (Wildman–Crippen MR) is 79.1 cm³/mol. The molecule has 0 amide bonds. The Labute approximate surface area is 122 Å². The number of hydrogen-bond acceptors (Lipinski definition) is 3. The smallest absolute Gasteiger partial charge is 0.123 e. The highest BCUT2D eigenvalue weighted by Gasteiger charge is 2.06. The molecule has 4 heteroatoms. The summed E-state index contributed by atoms with van der Waals surface area (Å²) in [7, 11) is 0. The van der Waals surface area contributed by atoms with Crippen molar-refractivity contribution in [1.29, 1.82) is 5.26 Å². The largest absolute Gasteiger partial charge is 0.249 e. The number of aromatic nitrogens is 1. The number of nitrogens with zero attached hydrogens (tertiary/aromatic N) is 2. The first-order valence-corrected chi connectivity index (χ1v) is 7.42. The average molecular weight is 286 g/mol. The van der Waals surface area contributed by atoms with Crippen LogP contribution in [0.3, 0.4) is 0 Å². The van der Waals surface area contributed by atoms with Crippen molar-refractivity contribution in [2.24, 2.45) is 0 Å². The van der Waals surface area contributed by atoms with Crippen LogP contribution in [-0.2, 0) is 6.42 Å². The third-order valence-corrected chi connectivity index (χ3v) is 4.07. The summed E-state index contributed by atoms with van der Waals surface area (Å²) in [4.78, 5) is 4.26. The van der Waals surface area contributed by atoms with Gasteiger partial charge in [-0.1, -0.05) is 12.1 Å². The lowest BCUT2D eigenvalue weighted by molar-refractivity contribution is 0.627. The second-order valence-corrected chi connectivity index (χ2v) is 5.58. The highest BCUT2D eigenvalue weighted by Crippen LogP contribution is 2.23. The molecule has 20 heavy (non-hydrogen) atoms. The van der Waals surface area contributed by atoms with Gasteiger partial charge >= 0.3 is 0 Å². The van der Waals surface area contributed by atoms with E-state index in [1.54, 1.807) is 18.0 Å². The molecule has 0 saturated heterocycles. The van der Waals surface area contributed by atoms with Gasteiger partial charge in [-0.2, -0.15) is 5.26 Å². The first-order valence-electron chi connectivity index (χ1n) is 6.43. The molecule has 2 rings (SSSR count). The molecule has 0 unspecified atom stereocenters. The van der Waals surface area contributed by atoms with Crippen molar-refractivity contribution in [3.8, 4) is 6.07 Å². The minimum atomic E-state index is -0.203. The Balaban J connectivity index is 1.86. The monoisotopic (exact) mass is 286 g/mol. The van der Waals surface area contributed by atoms with Crippen LogP contribution in [0.5, 0.6) is 0 Å². The molecule has 0 aliphatic heterocycles. The van der Waals surface area contributed by atoms with Gasteiger partial charge in [-0.25, -0.2) is 9.37 Å². The molecule has 102 valence electrons. The average Bonchev–Trinajstić information content (AvgIpc) is 2.45. The Morgan fingerprint density at radius 2 is 2.00 bits per heavy atom. The van der Waals surface area contributed by atoms with E-state index in [-0.39, 0.29) is 5.82 Å². The van der Waals surface area contributed by atoms with Gasteiger partial charge in [-0.3, -0.25) is 0 Å². The summed E-state index contributed by atoms with van der Waals surface area (Å²) in [6.45, 7) is 1.92. The number of nitriles is 1. The van der Waals surface area contributed by atoms with Crippen LogP contribution in [0.1, 0.15) is 23.1 Å².